The summed E-state index contributed by atoms with van der Waals surface area (Å²) in [4.78, 5) is 9.84. The third-order valence-electron chi connectivity index (χ3n) is 5.03. The van der Waals surface area contributed by atoms with E-state index in [0.717, 1.165) is 68.0 Å². The topological polar surface area (TPSA) is 56.3 Å². The second kappa shape index (κ2) is 9.18. The van der Waals surface area contributed by atoms with E-state index in [-0.39, 0.29) is 0 Å². The summed E-state index contributed by atoms with van der Waals surface area (Å²) in [6, 6.07) is 12.0. The zero-order valence-electron chi connectivity index (χ0n) is 17.3. The van der Waals surface area contributed by atoms with E-state index >= 15 is 0 Å². The van der Waals surface area contributed by atoms with Crippen LogP contribution >= 0.6 is 27.3 Å². The molecule has 0 aliphatic rings. The third kappa shape index (κ3) is 4.09. The summed E-state index contributed by atoms with van der Waals surface area (Å²) in [5, 5.41) is 5.77. The number of aromatic nitrogens is 2. The van der Waals surface area contributed by atoms with Gasteiger partial charge in [0, 0.05) is 28.0 Å². The number of fused-ring (bicyclic) bond motifs is 3. The number of benzene rings is 2. The Hall–Kier alpha value is -2.38. The fraction of sp³-hybridized carbons (Fsp3) is 0.304. The van der Waals surface area contributed by atoms with Gasteiger partial charge in [-0.05, 0) is 37.1 Å². The van der Waals surface area contributed by atoms with Crippen molar-refractivity contribution in [3.63, 3.8) is 0 Å². The Kier molecular flexibility index (Phi) is 6.39. The van der Waals surface area contributed by atoms with Crippen LogP contribution in [0.2, 0.25) is 0 Å². The molecule has 0 unspecified atom stereocenters. The number of unbranched alkanes of at least 4 members (excludes halogenated alkanes) is 1. The first-order valence-corrected chi connectivity index (χ1v) is 11.6. The quantitative estimate of drug-likeness (QED) is 0.305. The Morgan fingerprint density at radius 2 is 1.97 bits per heavy atom. The van der Waals surface area contributed by atoms with E-state index in [4.69, 9.17) is 19.4 Å². The van der Waals surface area contributed by atoms with Crippen molar-refractivity contribution in [2.75, 3.05) is 19.5 Å². The normalized spacial score (nSPS) is 11.2. The fourth-order valence-corrected chi connectivity index (χ4v) is 5.29. The monoisotopic (exact) mass is 485 g/mol. The molecule has 0 radical (unpaired) electrons. The van der Waals surface area contributed by atoms with Gasteiger partial charge in [-0.15, -0.1) is 11.3 Å². The lowest BCUT2D eigenvalue weighted by Crippen LogP contribution is -2.04. The number of anilines is 1. The number of thiazole rings is 1. The van der Waals surface area contributed by atoms with Crippen LogP contribution in [0.4, 0.5) is 5.82 Å². The van der Waals surface area contributed by atoms with Crippen molar-refractivity contribution in [3.8, 4) is 11.5 Å². The van der Waals surface area contributed by atoms with E-state index in [2.05, 4.69) is 34.2 Å². The van der Waals surface area contributed by atoms with Crippen LogP contribution in [0, 0.1) is 0 Å². The first-order valence-electron chi connectivity index (χ1n) is 9.97. The first-order chi connectivity index (χ1) is 14.6. The molecule has 0 fully saturated rings. The minimum Gasteiger partial charge on any atom is -0.497 e. The molecule has 156 valence electrons. The van der Waals surface area contributed by atoms with Crippen LogP contribution in [0.1, 0.15) is 30.3 Å². The lowest BCUT2D eigenvalue weighted by Gasteiger charge is -2.13. The lowest BCUT2D eigenvalue weighted by atomic mass is 10.1. The van der Waals surface area contributed by atoms with Gasteiger partial charge in [0.1, 0.15) is 17.0 Å². The van der Waals surface area contributed by atoms with Gasteiger partial charge in [0.05, 0.1) is 29.4 Å². The maximum Gasteiger partial charge on any atom is 0.154 e. The SMILES string of the molecule is CCCCc1nc2c(NCc3ccc(OC)cc3OC)nc3cccc(Br)c3c2s1. The third-order valence-corrected chi connectivity index (χ3v) is 6.82. The smallest absolute Gasteiger partial charge is 0.154 e. The number of pyridine rings is 1. The summed E-state index contributed by atoms with van der Waals surface area (Å²) in [6.07, 6.45) is 3.28. The molecule has 30 heavy (non-hydrogen) atoms. The number of methoxy groups -OCH3 is 2. The summed E-state index contributed by atoms with van der Waals surface area (Å²) in [7, 11) is 3.32. The summed E-state index contributed by atoms with van der Waals surface area (Å²) >= 11 is 5.47. The largest absolute Gasteiger partial charge is 0.497 e. The zero-order valence-corrected chi connectivity index (χ0v) is 19.7. The molecule has 4 rings (SSSR count). The molecule has 1 N–H and O–H groups in total. The van der Waals surface area contributed by atoms with Gasteiger partial charge in [-0.2, -0.15) is 0 Å². The zero-order chi connectivity index (χ0) is 21.1. The number of hydrogen-bond donors (Lipinski definition) is 1. The molecule has 0 saturated carbocycles. The molecule has 2 aromatic heterocycles. The molecular weight excluding hydrogens is 462 g/mol. The fourth-order valence-electron chi connectivity index (χ4n) is 3.43. The van der Waals surface area contributed by atoms with Gasteiger partial charge >= 0.3 is 0 Å². The van der Waals surface area contributed by atoms with E-state index in [0.29, 0.717) is 6.54 Å². The minimum atomic E-state index is 0.580. The Morgan fingerprint density at radius 3 is 2.73 bits per heavy atom. The van der Waals surface area contributed by atoms with Crippen LogP contribution in [0.5, 0.6) is 11.5 Å². The highest BCUT2D eigenvalue weighted by molar-refractivity contribution is 9.10. The van der Waals surface area contributed by atoms with Gasteiger partial charge in [0.25, 0.3) is 0 Å². The van der Waals surface area contributed by atoms with Crippen molar-refractivity contribution in [3.05, 3.63) is 51.4 Å². The Morgan fingerprint density at radius 1 is 1.10 bits per heavy atom. The summed E-state index contributed by atoms with van der Waals surface area (Å²) in [5.41, 5.74) is 2.91. The molecule has 0 spiro atoms. The minimum absolute atomic E-state index is 0.580. The lowest BCUT2D eigenvalue weighted by molar-refractivity contribution is 0.391. The maximum absolute atomic E-state index is 5.54. The van der Waals surface area contributed by atoms with Gasteiger partial charge in [0.15, 0.2) is 5.82 Å². The number of nitrogens with one attached hydrogen (secondary N) is 1. The van der Waals surface area contributed by atoms with Crippen molar-refractivity contribution >= 4 is 54.2 Å². The van der Waals surface area contributed by atoms with Crippen LogP contribution in [0.15, 0.2) is 40.9 Å². The molecule has 0 aliphatic carbocycles. The molecule has 0 aliphatic heterocycles. The van der Waals surface area contributed by atoms with Crippen molar-refractivity contribution in [2.45, 2.75) is 32.7 Å². The highest BCUT2D eigenvalue weighted by Crippen LogP contribution is 2.38. The Balaban J connectivity index is 1.75. The Bertz CT molecular complexity index is 1190. The van der Waals surface area contributed by atoms with Crippen molar-refractivity contribution in [1.82, 2.24) is 9.97 Å². The average molecular weight is 486 g/mol. The number of hydrogen-bond acceptors (Lipinski definition) is 6. The van der Waals surface area contributed by atoms with Crippen molar-refractivity contribution in [2.24, 2.45) is 0 Å². The molecule has 0 bridgehead atoms. The molecular formula is C23H24BrN3O2S. The molecule has 2 aromatic carbocycles. The Labute approximate surface area is 188 Å². The first kappa shape index (κ1) is 20.9. The van der Waals surface area contributed by atoms with Gasteiger partial charge in [-0.3, -0.25) is 0 Å². The second-order valence-electron chi connectivity index (χ2n) is 7.01. The van der Waals surface area contributed by atoms with Crippen LogP contribution < -0.4 is 14.8 Å². The van der Waals surface area contributed by atoms with Crippen LogP contribution in [0.25, 0.3) is 21.1 Å². The van der Waals surface area contributed by atoms with Crippen molar-refractivity contribution < 1.29 is 9.47 Å². The standard InChI is InChI=1S/C23H24BrN3O2S/c1-4-5-9-19-27-21-22(30-19)20-16(24)7-6-8-17(20)26-23(21)25-13-14-10-11-15(28-2)12-18(14)29-3/h6-8,10-12H,4-5,9,13H2,1-3H3,(H,25,26). The van der Waals surface area contributed by atoms with Crippen LogP contribution in [-0.4, -0.2) is 24.2 Å². The van der Waals surface area contributed by atoms with E-state index < -0.39 is 0 Å². The molecule has 4 aromatic rings. The molecule has 2 heterocycles. The van der Waals surface area contributed by atoms with Gasteiger partial charge in [-0.1, -0.05) is 35.3 Å². The number of aryl methyl sites for hydroxylation is 1. The van der Waals surface area contributed by atoms with Crippen LogP contribution in [0.3, 0.4) is 0 Å². The predicted octanol–water partition coefficient (Wildman–Crippen LogP) is 6.58. The van der Waals surface area contributed by atoms with Gasteiger partial charge in [0.2, 0.25) is 0 Å². The summed E-state index contributed by atoms with van der Waals surface area (Å²) < 4.78 is 13.1. The maximum atomic E-state index is 5.54. The second-order valence-corrected chi connectivity index (χ2v) is 8.95. The average Bonchev–Trinajstić information content (AvgIpc) is 3.20. The number of nitrogens with zero attached hydrogens (tertiary/aromatic N) is 2. The predicted molar refractivity (Wildman–Crippen MR) is 128 cm³/mol. The molecule has 0 saturated heterocycles. The van der Waals surface area contributed by atoms with E-state index in [1.54, 1.807) is 25.6 Å². The molecule has 0 amide bonds. The number of rotatable bonds is 8. The highest BCUT2D eigenvalue weighted by Gasteiger charge is 2.16. The summed E-state index contributed by atoms with van der Waals surface area (Å²) in [6.45, 7) is 2.78. The van der Waals surface area contributed by atoms with Gasteiger partial charge in [-0.25, -0.2) is 9.97 Å². The number of halogens is 1. The van der Waals surface area contributed by atoms with E-state index in [9.17, 15) is 0 Å². The molecule has 7 heteroatoms. The summed E-state index contributed by atoms with van der Waals surface area (Å²) in [5.74, 6) is 2.35. The highest BCUT2D eigenvalue weighted by atomic mass is 79.9. The number of ether oxygens (including phenoxy) is 2. The van der Waals surface area contributed by atoms with E-state index in [1.807, 2.05) is 30.3 Å². The van der Waals surface area contributed by atoms with Crippen molar-refractivity contribution in [1.29, 1.82) is 0 Å². The van der Waals surface area contributed by atoms with Gasteiger partial charge < -0.3 is 14.8 Å². The molecule has 0 atom stereocenters. The van der Waals surface area contributed by atoms with E-state index in [1.165, 1.54) is 4.70 Å². The molecule has 5 nitrogen and oxygen atoms in total. The van der Waals surface area contributed by atoms with Crippen LogP contribution in [-0.2, 0) is 13.0 Å².